The summed E-state index contributed by atoms with van der Waals surface area (Å²) in [6, 6.07) is 3.51. The molecular formula is C10H15N3O2. The maximum Gasteiger partial charge on any atom is 0.236 e. The van der Waals surface area contributed by atoms with E-state index in [1.807, 2.05) is 0 Å². The predicted molar refractivity (Wildman–Crippen MR) is 57.3 cm³/mol. The van der Waals surface area contributed by atoms with Crippen molar-refractivity contribution in [3.63, 3.8) is 0 Å². The van der Waals surface area contributed by atoms with Crippen LogP contribution in [0.3, 0.4) is 0 Å². The van der Waals surface area contributed by atoms with E-state index in [1.54, 1.807) is 37.2 Å². The maximum absolute atomic E-state index is 10.7. The van der Waals surface area contributed by atoms with E-state index in [4.69, 9.17) is 5.73 Å². The van der Waals surface area contributed by atoms with Gasteiger partial charge in [-0.05, 0) is 19.1 Å². The highest BCUT2D eigenvalue weighted by Gasteiger charge is 2.06. The minimum atomic E-state index is -0.583. The fourth-order valence-electron chi connectivity index (χ4n) is 1.20. The molecule has 15 heavy (non-hydrogen) atoms. The van der Waals surface area contributed by atoms with E-state index in [0.717, 1.165) is 5.69 Å². The molecule has 0 aromatic carbocycles. The monoisotopic (exact) mass is 209 g/mol. The molecule has 1 atom stereocenters. The molecule has 5 nitrogen and oxygen atoms in total. The first-order valence-corrected chi connectivity index (χ1v) is 4.64. The number of carbonyl (C=O) groups is 1. The molecule has 0 aliphatic carbocycles. The van der Waals surface area contributed by atoms with Crippen molar-refractivity contribution in [1.82, 2.24) is 4.98 Å². The number of amides is 1. The molecule has 0 saturated carbocycles. The maximum atomic E-state index is 10.7. The Hall–Kier alpha value is -1.62. The summed E-state index contributed by atoms with van der Waals surface area (Å²) in [7, 11) is 1.75. The molecule has 3 N–H and O–H groups in total. The molecule has 1 heterocycles. The first-order chi connectivity index (χ1) is 7.00. The number of hydrogen-bond acceptors (Lipinski definition) is 4. The van der Waals surface area contributed by atoms with Crippen LogP contribution < -0.4 is 10.6 Å². The largest absolute Gasteiger partial charge is 0.387 e. The highest BCUT2D eigenvalue weighted by molar-refractivity contribution is 5.79. The number of nitrogens with zero attached hydrogens (tertiary/aromatic N) is 2. The molecule has 0 aliphatic rings. The molecular weight excluding hydrogens is 194 g/mol. The Morgan fingerprint density at radius 1 is 1.67 bits per heavy atom. The van der Waals surface area contributed by atoms with Crippen LogP contribution >= 0.6 is 0 Å². The number of anilines is 1. The molecule has 1 rings (SSSR count). The number of primary amides is 1. The van der Waals surface area contributed by atoms with Crippen molar-refractivity contribution in [3.8, 4) is 0 Å². The normalized spacial score (nSPS) is 12.2. The molecule has 0 radical (unpaired) electrons. The standard InChI is InChI=1S/C10H15N3O2/c1-7(14)9-4-3-8(5-12-9)13(2)6-10(11)15/h3-5,7,14H,6H2,1-2H3,(H2,11,15). The minimum absolute atomic E-state index is 0.149. The van der Waals surface area contributed by atoms with Gasteiger partial charge in [-0.15, -0.1) is 0 Å². The third-order valence-electron chi connectivity index (χ3n) is 2.03. The molecule has 82 valence electrons. The Morgan fingerprint density at radius 3 is 2.73 bits per heavy atom. The molecule has 0 saturated heterocycles. The van der Waals surface area contributed by atoms with Crippen LogP contribution in [0.5, 0.6) is 0 Å². The summed E-state index contributed by atoms with van der Waals surface area (Å²) in [5, 5.41) is 9.25. The van der Waals surface area contributed by atoms with Gasteiger partial charge in [-0.3, -0.25) is 9.78 Å². The number of likely N-dealkylation sites (N-methyl/N-ethyl adjacent to an activating group) is 1. The molecule has 0 spiro atoms. The first kappa shape index (κ1) is 11.5. The molecule has 5 heteroatoms. The van der Waals surface area contributed by atoms with Crippen LogP contribution in [-0.4, -0.2) is 29.6 Å². The summed E-state index contributed by atoms with van der Waals surface area (Å²) in [6.07, 6.45) is 1.02. The third-order valence-corrected chi connectivity index (χ3v) is 2.03. The molecule has 0 bridgehead atoms. The summed E-state index contributed by atoms with van der Waals surface area (Å²) in [4.78, 5) is 16.4. The number of aliphatic hydroxyl groups excluding tert-OH is 1. The topological polar surface area (TPSA) is 79.5 Å². The zero-order valence-electron chi connectivity index (χ0n) is 8.84. The van der Waals surface area contributed by atoms with Crippen molar-refractivity contribution in [1.29, 1.82) is 0 Å². The van der Waals surface area contributed by atoms with Crippen LogP contribution in [-0.2, 0) is 4.79 Å². The molecule has 1 amide bonds. The van der Waals surface area contributed by atoms with Crippen molar-refractivity contribution in [3.05, 3.63) is 24.0 Å². The van der Waals surface area contributed by atoms with Crippen molar-refractivity contribution in [2.75, 3.05) is 18.5 Å². The fraction of sp³-hybridized carbons (Fsp3) is 0.400. The van der Waals surface area contributed by atoms with E-state index in [1.165, 1.54) is 0 Å². The van der Waals surface area contributed by atoms with Gasteiger partial charge in [-0.1, -0.05) is 0 Å². The van der Waals surface area contributed by atoms with Gasteiger partial charge in [-0.25, -0.2) is 0 Å². The second-order valence-corrected chi connectivity index (χ2v) is 3.44. The number of aliphatic hydroxyl groups is 1. The van der Waals surface area contributed by atoms with Crippen molar-refractivity contribution in [2.45, 2.75) is 13.0 Å². The molecule has 0 fully saturated rings. The van der Waals surface area contributed by atoms with Gasteiger partial charge in [0, 0.05) is 7.05 Å². The van der Waals surface area contributed by atoms with Crippen LogP contribution in [0.2, 0.25) is 0 Å². The lowest BCUT2D eigenvalue weighted by Crippen LogP contribution is -2.30. The Bertz CT molecular complexity index is 335. The molecule has 1 unspecified atom stereocenters. The molecule has 1 aromatic heterocycles. The van der Waals surface area contributed by atoms with Gasteiger partial charge in [0.25, 0.3) is 0 Å². The second kappa shape index (κ2) is 4.75. The number of nitrogens with two attached hydrogens (primary N) is 1. The van der Waals surface area contributed by atoms with E-state index < -0.39 is 12.0 Å². The number of pyridine rings is 1. The second-order valence-electron chi connectivity index (χ2n) is 3.44. The average Bonchev–Trinajstić information content (AvgIpc) is 2.17. The summed E-state index contributed by atoms with van der Waals surface area (Å²) in [6.45, 7) is 1.80. The van der Waals surface area contributed by atoms with Gasteiger partial charge >= 0.3 is 0 Å². The summed E-state index contributed by atoms with van der Waals surface area (Å²) >= 11 is 0. The Kier molecular flexibility index (Phi) is 3.62. The van der Waals surface area contributed by atoms with E-state index in [2.05, 4.69) is 4.98 Å². The van der Waals surface area contributed by atoms with Gasteiger partial charge in [0.05, 0.1) is 30.2 Å². The Labute approximate surface area is 88.5 Å². The zero-order chi connectivity index (χ0) is 11.4. The lowest BCUT2D eigenvalue weighted by Gasteiger charge is -2.17. The predicted octanol–water partition coefficient (Wildman–Crippen LogP) is 0.0564. The van der Waals surface area contributed by atoms with Crippen LogP contribution in [0.4, 0.5) is 5.69 Å². The third kappa shape index (κ3) is 3.21. The van der Waals surface area contributed by atoms with Crippen LogP contribution in [0.25, 0.3) is 0 Å². The van der Waals surface area contributed by atoms with Gasteiger partial charge in [0.15, 0.2) is 0 Å². The van der Waals surface area contributed by atoms with Gasteiger partial charge in [-0.2, -0.15) is 0 Å². The average molecular weight is 209 g/mol. The SMILES string of the molecule is CC(O)c1ccc(N(C)CC(N)=O)cn1. The van der Waals surface area contributed by atoms with E-state index in [0.29, 0.717) is 5.69 Å². The summed E-state index contributed by atoms with van der Waals surface area (Å²) in [5.41, 5.74) is 6.46. The number of hydrogen-bond donors (Lipinski definition) is 2. The number of carbonyl (C=O) groups excluding carboxylic acids is 1. The quantitative estimate of drug-likeness (QED) is 0.734. The fourth-order valence-corrected chi connectivity index (χ4v) is 1.20. The van der Waals surface area contributed by atoms with Gasteiger partial charge in [0.2, 0.25) is 5.91 Å². The number of aromatic nitrogens is 1. The van der Waals surface area contributed by atoms with Crippen molar-refractivity contribution < 1.29 is 9.90 Å². The molecule has 1 aromatic rings. The highest BCUT2D eigenvalue weighted by Crippen LogP contribution is 2.14. The van der Waals surface area contributed by atoms with Gasteiger partial charge in [0.1, 0.15) is 0 Å². The van der Waals surface area contributed by atoms with E-state index >= 15 is 0 Å². The minimum Gasteiger partial charge on any atom is -0.387 e. The summed E-state index contributed by atoms with van der Waals surface area (Å²) < 4.78 is 0. The van der Waals surface area contributed by atoms with Crippen LogP contribution in [0.1, 0.15) is 18.7 Å². The van der Waals surface area contributed by atoms with Crippen molar-refractivity contribution in [2.24, 2.45) is 5.73 Å². The smallest absolute Gasteiger partial charge is 0.236 e. The van der Waals surface area contributed by atoms with Crippen LogP contribution in [0.15, 0.2) is 18.3 Å². The number of rotatable bonds is 4. The van der Waals surface area contributed by atoms with E-state index in [-0.39, 0.29) is 6.54 Å². The van der Waals surface area contributed by atoms with Crippen molar-refractivity contribution >= 4 is 11.6 Å². The highest BCUT2D eigenvalue weighted by atomic mass is 16.3. The van der Waals surface area contributed by atoms with E-state index in [9.17, 15) is 9.90 Å². The zero-order valence-corrected chi connectivity index (χ0v) is 8.84. The Morgan fingerprint density at radius 2 is 2.33 bits per heavy atom. The first-order valence-electron chi connectivity index (χ1n) is 4.64. The lowest BCUT2D eigenvalue weighted by atomic mass is 10.2. The summed E-state index contributed by atoms with van der Waals surface area (Å²) in [5.74, 6) is -0.392. The molecule has 0 aliphatic heterocycles. The van der Waals surface area contributed by atoms with Gasteiger partial charge < -0.3 is 15.7 Å². The lowest BCUT2D eigenvalue weighted by molar-refractivity contribution is -0.116. The Balaban J connectivity index is 2.75. The van der Waals surface area contributed by atoms with Crippen LogP contribution in [0, 0.1) is 0 Å².